The number of hydrogen-bond donors (Lipinski definition) is 2. The molecular formula is C16H16N2O2. The largest absolute Gasteiger partial charge is 0.323 e. The number of aldehydes is 1. The molecule has 0 aliphatic carbocycles. The first-order valence-electron chi connectivity index (χ1n) is 6.35. The molecule has 102 valence electrons. The number of anilines is 2. The Labute approximate surface area is 117 Å². The van der Waals surface area contributed by atoms with Gasteiger partial charge in [0.05, 0.1) is 0 Å². The molecule has 2 aromatic rings. The van der Waals surface area contributed by atoms with Crippen molar-refractivity contribution in [3.8, 4) is 0 Å². The summed E-state index contributed by atoms with van der Waals surface area (Å²) in [6, 6.07) is 14.5. The molecule has 4 nitrogen and oxygen atoms in total. The molecule has 0 radical (unpaired) electrons. The summed E-state index contributed by atoms with van der Waals surface area (Å²) >= 11 is 0. The van der Waals surface area contributed by atoms with Crippen molar-refractivity contribution >= 4 is 23.7 Å². The molecule has 2 aromatic carbocycles. The number of para-hydroxylation sites is 1. The predicted molar refractivity (Wildman–Crippen MR) is 80.0 cm³/mol. The van der Waals surface area contributed by atoms with Crippen LogP contribution in [0, 0.1) is 6.92 Å². The number of aryl methyl sites for hydroxylation is 1. The van der Waals surface area contributed by atoms with E-state index in [2.05, 4.69) is 10.6 Å². The average molecular weight is 268 g/mol. The highest BCUT2D eigenvalue weighted by Gasteiger charge is 2.06. The Balaban J connectivity index is 2.06. The first kappa shape index (κ1) is 13.8. The number of carbonyl (C=O) groups is 2. The minimum atomic E-state index is -0.325. The van der Waals surface area contributed by atoms with Crippen molar-refractivity contribution < 1.29 is 9.59 Å². The molecule has 0 heterocycles. The van der Waals surface area contributed by atoms with Crippen LogP contribution in [0.25, 0.3) is 0 Å². The van der Waals surface area contributed by atoms with Crippen LogP contribution in [0.5, 0.6) is 0 Å². The fourth-order valence-corrected chi connectivity index (χ4v) is 1.92. The highest BCUT2D eigenvalue weighted by Crippen LogP contribution is 2.16. The number of amides is 2. The Kier molecular flexibility index (Phi) is 4.50. The number of hydrogen-bond acceptors (Lipinski definition) is 2. The third-order valence-electron chi connectivity index (χ3n) is 2.84. The van der Waals surface area contributed by atoms with Crippen molar-refractivity contribution in [2.24, 2.45) is 0 Å². The van der Waals surface area contributed by atoms with Gasteiger partial charge in [-0.1, -0.05) is 30.3 Å². The molecule has 0 fully saturated rings. The van der Waals surface area contributed by atoms with Crippen molar-refractivity contribution in [3.05, 3.63) is 59.7 Å². The molecule has 0 saturated carbocycles. The molecular weight excluding hydrogens is 252 g/mol. The molecule has 2 N–H and O–H groups in total. The van der Waals surface area contributed by atoms with Crippen LogP contribution >= 0.6 is 0 Å². The van der Waals surface area contributed by atoms with Gasteiger partial charge in [0, 0.05) is 17.8 Å². The maximum Gasteiger partial charge on any atom is 0.323 e. The fraction of sp³-hybridized carbons (Fsp3) is 0.125. The summed E-state index contributed by atoms with van der Waals surface area (Å²) in [5.74, 6) is 0. The van der Waals surface area contributed by atoms with E-state index in [-0.39, 0.29) is 12.5 Å². The van der Waals surface area contributed by atoms with Gasteiger partial charge in [0.25, 0.3) is 0 Å². The van der Waals surface area contributed by atoms with E-state index >= 15 is 0 Å². The third-order valence-corrected chi connectivity index (χ3v) is 2.84. The van der Waals surface area contributed by atoms with Gasteiger partial charge in [0.1, 0.15) is 6.29 Å². The monoisotopic (exact) mass is 268 g/mol. The lowest BCUT2D eigenvalue weighted by Gasteiger charge is -2.11. The Hall–Kier alpha value is -2.62. The highest BCUT2D eigenvalue weighted by atomic mass is 16.2. The van der Waals surface area contributed by atoms with E-state index in [4.69, 9.17) is 0 Å². The number of benzene rings is 2. The molecule has 2 amide bonds. The second kappa shape index (κ2) is 6.52. The number of carbonyl (C=O) groups excluding carboxylic acids is 2. The number of urea groups is 1. The van der Waals surface area contributed by atoms with E-state index in [1.165, 1.54) is 0 Å². The second-order valence-electron chi connectivity index (χ2n) is 4.48. The zero-order valence-corrected chi connectivity index (χ0v) is 11.2. The molecule has 4 heteroatoms. The molecule has 0 unspecified atom stereocenters. The van der Waals surface area contributed by atoms with E-state index in [0.29, 0.717) is 5.69 Å². The van der Waals surface area contributed by atoms with Crippen LogP contribution in [0.2, 0.25) is 0 Å². The summed E-state index contributed by atoms with van der Waals surface area (Å²) in [4.78, 5) is 22.6. The molecule has 0 saturated heterocycles. The molecule has 0 aliphatic rings. The van der Waals surface area contributed by atoms with Gasteiger partial charge in [-0.05, 0) is 36.2 Å². The van der Waals surface area contributed by atoms with Crippen molar-refractivity contribution in [2.45, 2.75) is 13.3 Å². The van der Waals surface area contributed by atoms with Crippen molar-refractivity contribution in [1.29, 1.82) is 0 Å². The summed E-state index contributed by atoms with van der Waals surface area (Å²) in [7, 11) is 0. The first-order valence-corrected chi connectivity index (χ1v) is 6.35. The van der Waals surface area contributed by atoms with Crippen molar-refractivity contribution in [3.63, 3.8) is 0 Å². The third kappa shape index (κ3) is 3.68. The van der Waals surface area contributed by atoms with Gasteiger partial charge in [0.15, 0.2) is 0 Å². The van der Waals surface area contributed by atoms with E-state index in [9.17, 15) is 9.59 Å². The van der Waals surface area contributed by atoms with Gasteiger partial charge in [-0.3, -0.25) is 0 Å². The molecule has 0 atom stereocenters. The lowest BCUT2D eigenvalue weighted by atomic mass is 10.1. The molecule has 20 heavy (non-hydrogen) atoms. The highest BCUT2D eigenvalue weighted by molar-refractivity contribution is 6.00. The summed E-state index contributed by atoms with van der Waals surface area (Å²) < 4.78 is 0. The summed E-state index contributed by atoms with van der Waals surface area (Å²) in [6.45, 7) is 1.96. The van der Waals surface area contributed by atoms with E-state index in [1.54, 1.807) is 6.07 Å². The SMILES string of the molecule is Cc1cccc(NC(=O)Nc2ccccc2CC=O)c1. The van der Waals surface area contributed by atoms with Crippen LogP contribution < -0.4 is 10.6 Å². The molecule has 0 bridgehead atoms. The lowest BCUT2D eigenvalue weighted by Crippen LogP contribution is -2.20. The minimum absolute atomic E-state index is 0.279. The quantitative estimate of drug-likeness (QED) is 0.835. The maximum absolute atomic E-state index is 11.9. The number of rotatable bonds is 4. The van der Waals surface area contributed by atoms with Gasteiger partial charge in [0.2, 0.25) is 0 Å². The molecule has 0 aliphatic heterocycles. The van der Waals surface area contributed by atoms with Crippen LogP contribution in [0.3, 0.4) is 0 Å². The molecule has 2 rings (SSSR count). The molecule has 0 spiro atoms. The van der Waals surface area contributed by atoms with Crippen LogP contribution in [-0.4, -0.2) is 12.3 Å². The zero-order chi connectivity index (χ0) is 14.4. The van der Waals surface area contributed by atoms with Crippen molar-refractivity contribution in [2.75, 3.05) is 10.6 Å². The van der Waals surface area contributed by atoms with E-state index in [0.717, 1.165) is 23.1 Å². The lowest BCUT2D eigenvalue weighted by molar-refractivity contribution is -0.107. The Bertz CT molecular complexity index is 623. The van der Waals surface area contributed by atoms with Gasteiger partial charge < -0.3 is 15.4 Å². The summed E-state index contributed by atoms with van der Waals surface area (Å²) in [5, 5.41) is 5.52. The smallest absolute Gasteiger partial charge is 0.308 e. The first-order chi connectivity index (χ1) is 9.69. The van der Waals surface area contributed by atoms with Crippen LogP contribution in [0.15, 0.2) is 48.5 Å². The van der Waals surface area contributed by atoms with Crippen LogP contribution in [0.4, 0.5) is 16.2 Å². The fourth-order valence-electron chi connectivity index (χ4n) is 1.92. The topological polar surface area (TPSA) is 58.2 Å². The number of nitrogens with one attached hydrogen (secondary N) is 2. The van der Waals surface area contributed by atoms with Gasteiger partial charge in [-0.2, -0.15) is 0 Å². The Morgan fingerprint density at radius 3 is 2.65 bits per heavy atom. The summed E-state index contributed by atoms with van der Waals surface area (Å²) in [5.41, 5.74) is 3.24. The van der Waals surface area contributed by atoms with Gasteiger partial charge in [-0.25, -0.2) is 4.79 Å². The zero-order valence-electron chi connectivity index (χ0n) is 11.2. The van der Waals surface area contributed by atoms with Gasteiger partial charge >= 0.3 is 6.03 Å². The molecule has 0 aromatic heterocycles. The maximum atomic E-state index is 11.9. The second-order valence-corrected chi connectivity index (χ2v) is 4.48. The average Bonchev–Trinajstić information content (AvgIpc) is 2.41. The Morgan fingerprint density at radius 2 is 1.90 bits per heavy atom. The predicted octanol–water partition coefficient (Wildman–Crippen LogP) is 3.38. The Morgan fingerprint density at radius 1 is 1.10 bits per heavy atom. The van der Waals surface area contributed by atoms with Crippen LogP contribution in [0.1, 0.15) is 11.1 Å². The minimum Gasteiger partial charge on any atom is -0.308 e. The van der Waals surface area contributed by atoms with E-state index in [1.807, 2.05) is 49.4 Å². The van der Waals surface area contributed by atoms with Crippen molar-refractivity contribution in [1.82, 2.24) is 0 Å². The van der Waals surface area contributed by atoms with E-state index < -0.39 is 0 Å². The standard InChI is InChI=1S/C16H16N2O2/c1-12-5-4-7-14(11-12)17-16(20)18-15-8-3-2-6-13(15)9-10-19/h2-8,10-11H,9H2,1H3,(H2,17,18,20). The normalized spacial score (nSPS) is 9.85. The van der Waals surface area contributed by atoms with Gasteiger partial charge in [-0.15, -0.1) is 0 Å². The van der Waals surface area contributed by atoms with Crippen LogP contribution in [-0.2, 0) is 11.2 Å². The summed E-state index contributed by atoms with van der Waals surface area (Å²) in [6.07, 6.45) is 1.10.